The van der Waals surface area contributed by atoms with Crippen molar-refractivity contribution in [1.29, 1.82) is 0 Å². The maximum absolute atomic E-state index is 12.7. The molecule has 0 bridgehead atoms. The van der Waals surface area contributed by atoms with Crippen molar-refractivity contribution in [3.05, 3.63) is 41.9 Å². The fourth-order valence-electron chi connectivity index (χ4n) is 2.69. The van der Waals surface area contributed by atoms with E-state index in [1.165, 1.54) is 6.39 Å². The van der Waals surface area contributed by atoms with Crippen LogP contribution < -0.4 is 0 Å². The van der Waals surface area contributed by atoms with Crippen molar-refractivity contribution in [2.75, 3.05) is 13.1 Å². The van der Waals surface area contributed by atoms with Crippen LogP contribution in [0.5, 0.6) is 0 Å². The second kappa shape index (κ2) is 5.93. The number of aliphatic hydroxyl groups is 1. The summed E-state index contributed by atoms with van der Waals surface area (Å²) >= 11 is 0. The highest BCUT2D eigenvalue weighted by Crippen LogP contribution is 2.26. The molecule has 1 aliphatic rings. The minimum Gasteiger partial charge on any atom is -0.443 e. The van der Waals surface area contributed by atoms with Crippen molar-refractivity contribution in [1.82, 2.24) is 9.88 Å². The van der Waals surface area contributed by atoms with E-state index in [1.54, 1.807) is 4.90 Å². The normalized spacial score (nSPS) is 21.9. The van der Waals surface area contributed by atoms with Gasteiger partial charge in [0.2, 0.25) is 0 Å². The van der Waals surface area contributed by atoms with Crippen LogP contribution >= 0.6 is 0 Å². The van der Waals surface area contributed by atoms with Crippen molar-refractivity contribution in [2.24, 2.45) is 5.92 Å². The molecule has 0 aliphatic carbocycles. The first kappa shape index (κ1) is 14.8. The van der Waals surface area contributed by atoms with Crippen LogP contribution in [0.1, 0.15) is 29.4 Å². The van der Waals surface area contributed by atoms with E-state index < -0.39 is 6.10 Å². The third-order valence-electron chi connectivity index (χ3n) is 4.29. The lowest BCUT2D eigenvalue weighted by atomic mass is 9.95. The van der Waals surface area contributed by atoms with Crippen molar-refractivity contribution < 1.29 is 14.3 Å². The number of likely N-dealkylation sites (tertiary alicyclic amines) is 1. The SMILES string of the molecule is Cc1ccc(-c2ocnc2C(=O)N2CCC(C)C(O)C2)cc1. The van der Waals surface area contributed by atoms with E-state index in [-0.39, 0.29) is 11.8 Å². The van der Waals surface area contributed by atoms with Gasteiger partial charge in [-0.1, -0.05) is 36.8 Å². The van der Waals surface area contributed by atoms with Gasteiger partial charge >= 0.3 is 0 Å². The topological polar surface area (TPSA) is 66.6 Å². The number of carbonyl (C=O) groups is 1. The summed E-state index contributed by atoms with van der Waals surface area (Å²) in [6, 6.07) is 7.77. The molecule has 1 aromatic carbocycles. The zero-order valence-corrected chi connectivity index (χ0v) is 12.8. The van der Waals surface area contributed by atoms with Gasteiger partial charge in [0.05, 0.1) is 6.10 Å². The summed E-state index contributed by atoms with van der Waals surface area (Å²) in [7, 11) is 0. The molecule has 0 saturated carbocycles. The Morgan fingerprint density at radius 3 is 2.77 bits per heavy atom. The number of nitrogens with zero attached hydrogens (tertiary/aromatic N) is 2. The first-order valence-corrected chi connectivity index (χ1v) is 7.54. The number of rotatable bonds is 2. The number of aryl methyl sites for hydroxylation is 1. The predicted octanol–water partition coefficient (Wildman–Crippen LogP) is 2.49. The first-order chi connectivity index (χ1) is 10.6. The number of β-amino-alcohol motifs (C(OH)–C–C–N with tert-alkyl or cyclic N) is 1. The van der Waals surface area contributed by atoms with Gasteiger partial charge in [-0.2, -0.15) is 0 Å². The third kappa shape index (κ3) is 2.76. The average molecular weight is 300 g/mol. The molecule has 1 N–H and O–H groups in total. The molecule has 3 rings (SSSR count). The van der Waals surface area contributed by atoms with Crippen molar-refractivity contribution >= 4 is 5.91 Å². The lowest BCUT2D eigenvalue weighted by Crippen LogP contribution is -2.46. The smallest absolute Gasteiger partial charge is 0.276 e. The molecule has 2 unspecified atom stereocenters. The van der Waals surface area contributed by atoms with E-state index in [9.17, 15) is 9.90 Å². The molecule has 116 valence electrons. The largest absolute Gasteiger partial charge is 0.443 e. The Morgan fingerprint density at radius 1 is 1.36 bits per heavy atom. The van der Waals surface area contributed by atoms with E-state index in [1.807, 2.05) is 38.1 Å². The Morgan fingerprint density at radius 2 is 2.09 bits per heavy atom. The molecule has 1 aromatic heterocycles. The van der Waals surface area contributed by atoms with Crippen LogP contribution in [0.25, 0.3) is 11.3 Å². The zero-order chi connectivity index (χ0) is 15.7. The third-order valence-corrected chi connectivity index (χ3v) is 4.29. The molecule has 1 aliphatic heterocycles. The summed E-state index contributed by atoms with van der Waals surface area (Å²) in [4.78, 5) is 18.4. The van der Waals surface area contributed by atoms with Crippen LogP contribution in [0.2, 0.25) is 0 Å². The summed E-state index contributed by atoms with van der Waals surface area (Å²) in [5.74, 6) is 0.520. The number of piperidine rings is 1. The quantitative estimate of drug-likeness (QED) is 0.925. The molecule has 5 heteroatoms. The van der Waals surface area contributed by atoms with Gasteiger partial charge in [-0.25, -0.2) is 4.98 Å². The Balaban J connectivity index is 1.85. The zero-order valence-electron chi connectivity index (χ0n) is 12.8. The highest BCUT2D eigenvalue weighted by atomic mass is 16.3. The maximum atomic E-state index is 12.7. The predicted molar refractivity (Wildman–Crippen MR) is 82.4 cm³/mol. The van der Waals surface area contributed by atoms with Gasteiger partial charge in [0.15, 0.2) is 17.8 Å². The molecule has 1 saturated heterocycles. The van der Waals surface area contributed by atoms with Crippen LogP contribution in [0, 0.1) is 12.8 Å². The molecule has 1 amide bonds. The van der Waals surface area contributed by atoms with Gasteiger partial charge in [-0.3, -0.25) is 4.79 Å². The van der Waals surface area contributed by atoms with Gasteiger partial charge in [0.1, 0.15) is 0 Å². The number of hydrogen-bond donors (Lipinski definition) is 1. The minimum absolute atomic E-state index is 0.185. The van der Waals surface area contributed by atoms with Gasteiger partial charge < -0.3 is 14.4 Å². The number of aliphatic hydroxyl groups excluding tert-OH is 1. The number of hydrogen-bond acceptors (Lipinski definition) is 4. The monoisotopic (exact) mass is 300 g/mol. The lowest BCUT2D eigenvalue weighted by Gasteiger charge is -2.33. The summed E-state index contributed by atoms with van der Waals surface area (Å²) in [6.45, 7) is 4.99. The van der Waals surface area contributed by atoms with Gasteiger partial charge in [0, 0.05) is 18.7 Å². The summed E-state index contributed by atoms with van der Waals surface area (Å²) in [5, 5.41) is 9.97. The summed E-state index contributed by atoms with van der Waals surface area (Å²) in [5.41, 5.74) is 2.28. The molecular weight excluding hydrogens is 280 g/mol. The number of aromatic nitrogens is 1. The van der Waals surface area contributed by atoms with Crippen LogP contribution in [-0.4, -0.2) is 40.1 Å². The second-order valence-corrected chi connectivity index (χ2v) is 5.98. The number of oxazole rings is 1. The van der Waals surface area contributed by atoms with Gasteiger partial charge in [0.25, 0.3) is 5.91 Å². The van der Waals surface area contributed by atoms with Crippen LogP contribution in [0.15, 0.2) is 35.1 Å². The summed E-state index contributed by atoms with van der Waals surface area (Å²) in [6.07, 6.45) is 1.61. The maximum Gasteiger partial charge on any atom is 0.276 e. The van der Waals surface area contributed by atoms with E-state index in [0.717, 1.165) is 17.5 Å². The number of amides is 1. The first-order valence-electron chi connectivity index (χ1n) is 7.54. The fourth-order valence-corrected chi connectivity index (χ4v) is 2.69. The van der Waals surface area contributed by atoms with E-state index in [4.69, 9.17) is 4.42 Å². The average Bonchev–Trinajstić information content (AvgIpc) is 2.99. The highest BCUT2D eigenvalue weighted by Gasteiger charge is 2.30. The Kier molecular flexibility index (Phi) is 3.98. The summed E-state index contributed by atoms with van der Waals surface area (Å²) < 4.78 is 5.43. The molecule has 0 radical (unpaired) electrons. The van der Waals surface area contributed by atoms with E-state index in [2.05, 4.69) is 4.98 Å². The number of carbonyl (C=O) groups excluding carboxylic acids is 1. The Labute approximate surface area is 129 Å². The van der Waals surface area contributed by atoms with Crippen LogP contribution in [-0.2, 0) is 0 Å². The van der Waals surface area contributed by atoms with Crippen molar-refractivity contribution in [3.63, 3.8) is 0 Å². The number of benzene rings is 1. The Hall–Kier alpha value is -2.14. The van der Waals surface area contributed by atoms with Gasteiger partial charge in [-0.15, -0.1) is 0 Å². The molecule has 2 heterocycles. The highest BCUT2D eigenvalue weighted by molar-refractivity contribution is 5.97. The molecule has 22 heavy (non-hydrogen) atoms. The standard InChI is InChI=1S/C17H20N2O3/c1-11-3-5-13(6-4-11)16-15(18-10-22-16)17(21)19-8-7-12(2)14(20)9-19/h3-6,10,12,14,20H,7-9H2,1-2H3. The van der Waals surface area contributed by atoms with Crippen molar-refractivity contribution in [3.8, 4) is 11.3 Å². The minimum atomic E-state index is -0.479. The molecule has 5 nitrogen and oxygen atoms in total. The molecule has 0 spiro atoms. The Bertz CT molecular complexity index is 663. The van der Waals surface area contributed by atoms with Gasteiger partial charge in [-0.05, 0) is 19.3 Å². The molecule has 2 atom stereocenters. The molecular formula is C17H20N2O3. The van der Waals surface area contributed by atoms with E-state index in [0.29, 0.717) is 24.5 Å². The molecule has 2 aromatic rings. The lowest BCUT2D eigenvalue weighted by molar-refractivity contribution is 0.0246. The van der Waals surface area contributed by atoms with Crippen LogP contribution in [0.3, 0.4) is 0 Å². The molecule has 1 fully saturated rings. The second-order valence-electron chi connectivity index (χ2n) is 5.98. The van der Waals surface area contributed by atoms with Crippen molar-refractivity contribution in [2.45, 2.75) is 26.4 Å². The van der Waals surface area contributed by atoms with E-state index >= 15 is 0 Å². The van der Waals surface area contributed by atoms with Crippen LogP contribution in [0.4, 0.5) is 0 Å². The fraction of sp³-hybridized carbons (Fsp3) is 0.412.